The third-order valence-corrected chi connectivity index (χ3v) is 4.01. The molecule has 3 aromatic rings. The molecule has 0 aliphatic carbocycles. The maximum Gasteiger partial charge on any atom is -0.0152 e. The highest BCUT2D eigenvalue weighted by Gasteiger charge is 2.06. The molecule has 0 nitrogen and oxygen atoms in total. The van der Waals surface area contributed by atoms with E-state index in [-0.39, 0.29) is 0 Å². The van der Waals surface area contributed by atoms with Crippen LogP contribution in [0.4, 0.5) is 0 Å². The maximum absolute atomic E-state index is 2.29. The second-order valence-corrected chi connectivity index (χ2v) is 5.71. The SMILES string of the molecule is Cc1cccc(-c2ccc(-c3ccccc3C)c(C)c2)c1. The smallest absolute Gasteiger partial charge is 0.0152 e. The largest absolute Gasteiger partial charge is 0.0620 e. The van der Waals surface area contributed by atoms with Crippen LogP contribution in [0.15, 0.2) is 66.7 Å². The van der Waals surface area contributed by atoms with E-state index in [9.17, 15) is 0 Å². The molecule has 0 bridgehead atoms. The fourth-order valence-corrected chi connectivity index (χ4v) is 2.85. The van der Waals surface area contributed by atoms with Gasteiger partial charge in [0.2, 0.25) is 0 Å². The van der Waals surface area contributed by atoms with Crippen LogP contribution in [0.2, 0.25) is 0 Å². The Bertz CT molecular complexity index is 782. The number of hydrogen-bond donors (Lipinski definition) is 0. The van der Waals surface area contributed by atoms with Crippen molar-refractivity contribution < 1.29 is 0 Å². The molecule has 3 rings (SSSR count). The minimum Gasteiger partial charge on any atom is -0.0620 e. The van der Waals surface area contributed by atoms with Crippen LogP contribution in [0.5, 0.6) is 0 Å². The zero-order valence-corrected chi connectivity index (χ0v) is 12.9. The summed E-state index contributed by atoms with van der Waals surface area (Å²) in [7, 11) is 0. The lowest BCUT2D eigenvalue weighted by Gasteiger charge is -2.11. The minimum absolute atomic E-state index is 1.29. The Morgan fingerprint density at radius 1 is 0.524 bits per heavy atom. The molecule has 0 fully saturated rings. The van der Waals surface area contributed by atoms with E-state index < -0.39 is 0 Å². The van der Waals surface area contributed by atoms with Crippen molar-refractivity contribution in [3.63, 3.8) is 0 Å². The van der Waals surface area contributed by atoms with E-state index in [0.29, 0.717) is 0 Å². The molecule has 21 heavy (non-hydrogen) atoms. The second-order valence-electron chi connectivity index (χ2n) is 5.71. The van der Waals surface area contributed by atoms with E-state index in [0.717, 1.165) is 0 Å². The van der Waals surface area contributed by atoms with E-state index >= 15 is 0 Å². The quantitative estimate of drug-likeness (QED) is 0.541. The molecule has 0 aliphatic rings. The zero-order chi connectivity index (χ0) is 14.8. The standard InChI is InChI=1S/C21H20/c1-15-7-6-9-18(13-15)19-11-12-21(17(3)14-19)20-10-5-4-8-16(20)2/h4-14H,1-3H3. The summed E-state index contributed by atoms with van der Waals surface area (Å²) >= 11 is 0. The van der Waals surface area contributed by atoms with Crippen LogP contribution in [0, 0.1) is 20.8 Å². The predicted octanol–water partition coefficient (Wildman–Crippen LogP) is 5.95. The van der Waals surface area contributed by atoms with Crippen molar-refractivity contribution in [1.82, 2.24) is 0 Å². The third-order valence-electron chi connectivity index (χ3n) is 4.01. The summed E-state index contributed by atoms with van der Waals surface area (Å²) in [6, 6.07) is 24.0. The van der Waals surface area contributed by atoms with Gasteiger partial charge in [-0.3, -0.25) is 0 Å². The van der Waals surface area contributed by atoms with Gasteiger partial charge in [-0.15, -0.1) is 0 Å². The molecular weight excluding hydrogens is 252 g/mol. The van der Waals surface area contributed by atoms with Crippen molar-refractivity contribution in [2.75, 3.05) is 0 Å². The molecule has 0 aliphatic heterocycles. The van der Waals surface area contributed by atoms with Gasteiger partial charge in [-0.1, -0.05) is 72.3 Å². The van der Waals surface area contributed by atoms with E-state index in [2.05, 4.69) is 87.5 Å². The number of rotatable bonds is 2. The maximum atomic E-state index is 2.29. The number of hydrogen-bond acceptors (Lipinski definition) is 0. The molecule has 0 spiro atoms. The summed E-state index contributed by atoms with van der Waals surface area (Å²) in [5.74, 6) is 0. The van der Waals surface area contributed by atoms with Crippen molar-refractivity contribution in [3.8, 4) is 22.3 Å². The van der Waals surface area contributed by atoms with Crippen LogP contribution < -0.4 is 0 Å². The normalized spacial score (nSPS) is 10.6. The molecular formula is C21H20. The highest BCUT2D eigenvalue weighted by atomic mass is 14.1. The first-order valence-corrected chi connectivity index (χ1v) is 7.39. The van der Waals surface area contributed by atoms with Gasteiger partial charge < -0.3 is 0 Å². The van der Waals surface area contributed by atoms with Crippen LogP contribution in [-0.2, 0) is 0 Å². The van der Waals surface area contributed by atoms with Crippen LogP contribution in [0.3, 0.4) is 0 Å². The Hall–Kier alpha value is -2.34. The van der Waals surface area contributed by atoms with Crippen molar-refractivity contribution in [2.45, 2.75) is 20.8 Å². The zero-order valence-electron chi connectivity index (χ0n) is 12.9. The molecule has 0 aromatic heterocycles. The van der Waals surface area contributed by atoms with Crippen molar-refractivity contribution in [1.29, 1.82) is 0 Å². The summed E-state index contributed by atoms with van der Waals surface area (Å²) in [5.41, 5.74) is 9.17. The Kier molecular flexibility index (Phi) is 3.62. The van der Waals surface area contributed by atoms with Gasteiger partial charge in [-0.25, -0.2) is 0 Å². The van der Waals surface area contributed by atoms with Crippen LogP contribution >= 0.6 is 0 Å². The summed E-state index contributed by atoms with van der Waals surface area (Å²) in [5, 5.41) is 0. The van der Waals surface area contributed by atoms with Gasteiger partial charge in [-0.2, -0.15) is 0 Å². The Labute approximate surface area is 127 Å². The summed E-state index contributed by atoms with van der Waals surface area (Å²) < 4.78 is 0. The predicted molar refractivity (Wildman–Crippen MR) is 91.5 cm³/mol. The average Bonchev–Trinajstić information content (AvgIpc) is 2.48. The van der Waals surface area contributed by atoms with Crippen LogP contribution in [0.1, 0.15) is 16.7 Å². The molecule has 0 amide bonds. The van der Waals surface area contributed by atoms with E-state index in [1.165, 1.54) is 38.9 Å². The monoisotopic (exact) mass is 272 g/mol. The molecule has 0 N–H and O–H groups in total. The van der Waals surface area contributed by atoms with E-state index in [1.807, 2.05) is 0 Å². The first-order valence-electron chi connectivity index (χ1n) is 7.39. The third kappa shape index (κ3) is 2.75. The molecule has 0 heteroatoms. The molecule has 3 aromatic carbocycles. The van der Waals surface area contributed by atoms with Gasteiger partial charge in [0.1, 0.15) is 0 Å². The number of aryl methyl sites for hydroxylation is 3. The fourth-order valence-electron chi connectivity index (χ4n) is 2.85. The Morgan fingerprint density at radius 3 is 1.95 bits per heavy atom. The van der Waals surface area contributed by atoms with Gasteiger partial charge in [0.25, 0.3) is 0 Å². The molecule has 0 unspecified atom stereocenters. The summed E-state index contributed by atoms with van der Waals surface area (Å²) in [6.45, 7) is 6.50. The van der Waals surface area contributed by atoms with E-state index in [1.54, 1.807) is 0 Å². The summed E-state index contributed by atoms with van der Waals surface area (Å²) in [4.78, 5) is 0. The van der Waals surface area contributed by atoms with Gasteiger partial charge in [-0.05, 0) is 54.2 Å². The van der Waals surface area contributed by atoms with Crippen LogP contribution in [0.25, 0.3) is 22.3 Å². The van der Waals surface area contributed by atoms with E-state index in [4.69, 9.17) is 0 Å². The highest BCUT2D eigenvalue weighted by Crippen LogP contribution is 2.30. The van der Waals surface area contributed by atoms with Gasteiger partial charge in [0.15, 0.2) is 0 Å². The first-order chi connectivity index (χ1) is 10.1. The van der Waals surface area contributed by atoms with Crippen molar-refractivity contribution in [3.05, 3.63) is 83.4 Å². The molecule has 0 saturated carbocycles. The van der Waals surface area contributed by atoms with Gasteiger partial charge in [0, 0.05) is 0 Å². The molecule has 0 heterocycles. The Balaban J connectivity index is 2.07. The lowest BCUT2D eigenvalue weighted by Crippen LogP contribution is -1.88. The first kappa shape index (κ1) is 13.6. The van der Waals surface area contributed by atoms with Gasteiger partial charge >= 0.3 is 0 Å². The van der Waals surface area contributed by atoms with Crippen molar-refractivity contribution in [2.24, 2.45) is 0 Å². The average molecular weight is 272 g/mol. The molecule has 104 valence electrons. The van der Waals surface area contributed by atoms with Crippen molar-refractivity contribution >= 4 is 0 Å². The topological polar surface area (TPSA) is 0 Å². The fraction of sp³-hybridized carbons (Fsp3) is 0.143. The summed E-state index contributed by atoms with van der Waals surface area (Å²) in [6.07, 6.45) is 0. The lowest BCUT2D eigenvalue weighted by atomic mass is 9.93. The lowest BCUT2D eigenvalue weighted by molar-refractivity contribution is 1.40. The minimum atomic E-state index is 1.29. The highest BCUT2D eigenvalue weighted by molar-refractivity contribution is 5.75. The Morgan fingerprint density at radius 2 is 1.24 bits per heavy atom. The second kappa shape index (κ2) is 5.57. The molecule has 0 saturated heterocycles. The molecule has 0 radical (unpaired) electrons. The molecule has 0 atom stereocenters. The number of benzene rings is 3. The van der Waals surface area contributed by atoms with Gasteiger partial charge in [0.05, 0.1) is 0 Å². The van der Waals surface area contributed by atoms with Crippen LogP contribution in [-0.4, -0.2) is 0 Å².